The molecule has 1 fully saturated rings. The first-order chi connectivity index (χ1) is 14.6. The summed E-state index contributed by atoms with van der Waals surface area (Å²) in [5.41, 5.74) is -0.718. The van der Waals surface area contributed by atoms with Crippen LogP contribution in [-0.2, 0) is 15.7 Å². The van der Waals surface area contributed by atoms with Crippen LogP contribution in [0.2, 0.25) is 0 Å². The van der Waals surface area contributed by atoms with Gasteiger partial charge in [-0.05, 0) is 12.0 Å². The highest BCUT2D eigenvalue weighted by atomic mass is 32.1. The smallest absolute Gasteiger partial charge is 0.417 e. The zero-order valence-corrected chi connectivity index (χ0v) is 17.9. The molecule has 1 N–H and O–H groups in total. The summed E-state index contributed by atoms with van der Waals surface area (Å²) in [5.74, 6) is -1.27. The molecule has 1 amide bonds. The molecule has 1 unspecified atom stereocenters. The van der Waals surface area contributed by atoms with Gasteiger partial charge in [0.1, 0.15) is 11.9 Å². The average Bonchev–Trinajstić information content (AvgIpc) is 3.16. The number of halogens is 4. The molecule has 1 saturated heterocycles. The number of thiophene rings is 1. The predicted octanol–water partition coefficient (Wildman–Crippen LogP) is 4.18. The third-order valence-electron chi connectivity index (χ3n) is 5.13. The Labute approximate surface area is 180 Å². The number of anilines is 1. The summed E-state index contributed by atoms with van der Waals surface area (Å²) >= 11 is 0.834. The lowest BCUT2D eigenvalue weighted by Crippen LogP contribution is -2.38. The Hall–Kier alpha value is -2.43. The van der Waals surface area contributed by atoms with E-state index >= 15 is 0 Å². The standard InChI is InChI=1S/C20H23F4N3O3S/c1-11(9-21)7-16(28)30-12-3-5-27(6-4-12)15-8-14(20(22,23)24)18-17(26-15)13(10-31-18)19(29)25-2/h8,10-12H,3-7,9H2,1-2H3,(H,25,29). The minimum absolute atomic E-state index is 0.00962. The monoisotopic (exact) mass is 461 g/mol. The molecule has 31 heavy (non-hydrogen) atoms. The summed E-state index contributed by atoms with van der Waals surface area (Å²) in [6.07, 6.45) is -4.14. The van der Waals surface area contributed by atoms with E-state index in [1.165, 1.54) is 12.4 Å². The van der Waals surface area contributed by atoms with Crippen LogP contribution in [0.15, 0.2) is 11.4 Å². The van der Waals surface area contributed by atoms with E-state index in [4.69, 9.17) is 4.74 Å². The molecule has 0 bridgehead atoms. The number of pyridine rings is 1. The summed E-state index contributed by atoms with van der Waals surface area (Å²) in [5, 5.41) is 3.79. The number of hydrogen-bond acceptors (Lipinski definition) is 6. The Morgan fingerprint density at radius 2 is 2.03 bits per heavy atom. The summed E-state index contributed by atoms with van der Waals surface area (Å²) in [6, 6.07) is 1.00. The van der Waals surface area contributed by atoms with Crippen LogP contribution in [0.25, 0.3) is 10.2 Å². The molecule has 0 aliphatic carbocycles. The number of ether oxygens (including phenoxy) is 1. The normalized spacial score (nSPS) is 16.4. The van der Waals surface area contributed by atoms with E-state index in [2.05, 4.69) is 10.3 Å². The molecule has 0 radical (unpaired) electrons. The lowest BCUT2D eigenvalue weighted by molar-refractivity contribution is -0.151. The molecule has 170 valence electrons. The van der Waals surface area contributed by atoms with Crippen molar-refractivity contribution < 1.29 is 31.9 Å². The molecular weight excluding hydrogens is 438 g/mol. The summed E-state index contributed by atoms with van der Waals surface area (Å²) in [6.45, 7) is 1.68. The minimum Gasteiger partial charge on any atom is -0.462 e. The number of aromatic nitrogens is 1. The van der Waals surface area contributed by atoms with Gasteiger partial charge < -0.3 is 15.0 Å². The fourth-order valence-corrected chi connectivity index (χ4v) is 4.46. The Morgan fingerprint density at radius 3 is 2.61 bits per heavy atom. The van der Waals surface area contributed by atoms with Gasteiger partial charge in [0.2, 0.25) is 0 Å². The molecule has 1 aliphatic rings. The quantitative estimate of drug-likeness (QED) is 0.516. The summed E-state index contributed by atoms with van der Waals surface area (Å²) in [7, 11) is 1.40. The van der Waals surface area contributed by atoms with Crippen molar-refractivity contribution in [2.45, 2.75) is 38.5 Å². The topological polar surface area (TPSA) is 71.5 Å². The zero-order valence-electron chi connectivity index (χ0n) is 17.1. The lowest BCUT2D eigenvalue weighted by atomic mass is 10.1. The molecule has 1 aliphatic heterocycles. The molecule has 3 heterocycles. The van der Waals surface area contributed by atoms with Gasteiger partial charge >= 0.3 is 12.1 Å². The van der Waals surface area contributed by atoms with Crippen molar-refractivity contribution in [1.82, 2.24) is 10.3 Å². The van der Waals surface area contributed by atoms with Crippen LogP contribution in [0, 0.1) is 5.92 Å². The first-order valence-electron chi connectivity index (χ1n) is 9.86. The fraction of sp³-hybridized carbons (Fsp3) is 0.550. The largest absolute Gasteiger partial charge is 0.462 e. The maximum absolute atomic E-state index is 13.7. The van der Waals surface area contributed by atoms with Gasteiger partial charge in [-0.1, -0.05) is 6.92 Å². The SMILES string of the molecule is CNC(=O)c1csc2c(C(F)(F)F)cc(N3CCC(OC(=O)CC(C)CF)CC3)nc12. The van der Waals surface area contributed by atoms with Crippen molar-refractivity contribution in [2.75, 3.05) is 31.7 Å². The molecule has 2 aromatic rings. The van der Waals surface area contributed by atoms with Crippen LogP contribution in [-0.4, -0.2) is 49.8 Å². The molecule has 0 spiro atoms. The van der Waals surface area contributed by atoms with Crippen LogP contribution in [0.3, 0.4) is 0 Å². The van der Waals surface area contributed by atoms with Crippen molar-refractivity contribution >= 4 is 39.2 Å². The van der Waals surface area contributed by atoms with Crippen LogP contribution < -0.4 is 10.2 Å². The first kappa shape index (κ1) is 23.2. The highest BCUT2D eigenvalue weighted by Crippen LogP contribution is 2.40. The number of carbonyl (C=O) groups is 2. The van der Waals surface area contributed by atoms with Gasteiger partial charge in [0, 0.05) is 38.4 Å². The van der Waals surface area contributed by atoms with Crippen LogP contribution in [0.4, 0.5) is 23.4 Å². The maximum atomic E-state index is 13.7. The van der Waals surface area contributed by atoms with E-state index in [1.54, 1.807) is 11.8 Å². The van der Waals surface area contributed by atoms with E-state index in [9.17, 15) is 27.2 Å². The number of alkyl halides is 4. The molecular formula is C20H23F4N3O3S. The molecule has 0 saturated carbocycles. The van der Waals surface area contributed by atoms with Gasteiger partial charge in [-0.2, -0.15) is 13.2 Å². The van der Waals surface area contributed by atoms with E-state index in [0.29, 0.717) is 25.9 Å². The lowest BCUT2D eigenvalue weighted by Gasteiger charge is -2.33. The Morgan fingerprint density at radius 1 is 1.35 bits per heavy atom. The highest BCUT2D eigenvalue weighted by molar-refractivity contribution is 7.17. The summed E-state index contributed by atoms with van der Waals surface area (Å²) < 4.78 is 58.8. The zero-order chi connectivity index (χ0) is 22.8. The van der Waals surface area contributed by atoms with Crippen LogP contribution in [0.1, 0.15) is 42.1 Å². The summed E-state index contributed by atoms with van der Waals surface area (Å²) in [4.78, 5) is 30.0. The van der Waals surface area contributed by atoms with Crippen molar-refractivity contribution in [3.8, 4) is 0 Å². The van der Waals surface area contributed by atoms with Crippen molar-refractivity contribution in [1.29, 1.82) is 0 Å². The van der Waals surface area contributed by atoms with Gasteiger partial charge in [-0.3, -0.25) is 14.0 Å². The van der Waals surface area contributed by atoms with E-state index in [1.807, 2.05) is 0 Å². The average molecular weight is 461 g/mol. The predicted molar refractivity (Wildman–Crippen MR) is 109 cm³/mol. The van der Waals surface area contributed by atoms with Gasteiger partial charge in [0.05, 0.1) is 34.4 Å². The minimum atomic E-state index is -4.60. The van der Waals surface area contributed by atoms with Gasteiger partial charge in [0.25, 0.3) is 5.91 Å². The third kappa shape index (κ3) is 5.25. The van der Waals surface area contributed by atoms with E-state index in [-0.39, 0.29) is 34.1 Å². The molecule has 2 aromatic heterocycles. The molecule has 1 atom stereocenters. The van der Waals surface area contributed by atoms with Gasteiger partial charge in [-0.15, -0.1) is 11.3 Å². The fourth-order valence-electron chi connectivity index (χ4n) is 3.44. The number of piperidine rings is 1. The number of rotatable bonds is 6. The molecule has 0 aromatic carbocycles. The second-order valence-electron chi connectivity index (χ2n) is 7.57. The van der Waals surface area contributed by atoms with Crippen molar-refractivity contribution in [3.05, 3.63) is 22.6 Å². The van der Waals surface area contributed by atoms with Crippen LogP contribution >= 0.6 is 11.3 Å². The number of carbonyl (C=O) groups excluding carboxylic acids is 2. The number of nitrogens with zero attached hydrogens (tertiary/aromatic N) is 2. The Balaban J connectivity index is 1.80. The van der Waals surface area contributed by atoms with Gasteiger partial charge in [-0.25, -0.2) is 4.98 Å². The molecule has 6 nitrogen and oxygen atoms in total. The van der Waals surface area contributed by atoms with Crippen LogP contribution in [0.5, 0.6) is 0 Å². The van der Waals surface area contributed by atoms with E-state index in [0.717, 1.165) is 17.4 Å². The second-order valence-corrected chi connectivity index (χ2v) is 8.45. The number of amides is 1. The van der Waals surface area contributed by atoms with Crippen molar-refractivity contribution in [2.24, 2.45) is 5.92 Å². The Kier molecular flexibility index (Phi) is 7.03. The molecule has 11 heteroatoms. The third-order valence-corrected chi connectivity index (χ3v) is 6.13. The highest BCUT2D eigenvalue weighted by Gasteiger charge is 2.36. The van der Waals surface area contributed by atoms with Crippen molar-refractivity contribution in [3.63, 3.8) is 0 Å². The van der Waals surface area contributed by atoms with Gasteiger partial charge in [0.15, 0.2) is 0 Å². The first-order valence-corrected chi connectivity index (χ1v) is 10.7. The molecule has 3 rings (SSSR count). The maximum Gasteiger partial charge on any atom is 0.417 e. The number of fused-ring (bicyclic) bond motifs is 1. The number of hydrogen-bond donors (Lipinski definition) is 1. The Bertz CT molecular complexity index is 955. The number of nitrogens with one attached hydrogen (secondary N) is 1. The number of esters is 1. The second kappa shape index (κ2) is 9.37. The van der Waals surface area contributed by atoms with E-state index < -0.39 is 36.2 Å².